The van der Waals surface area contributed by atoms with Gasteiger partial charge in [-0.15, -0.1) is 0 Å². The fourth-order valence-electron chi connectivity index (χ4n) is 2.48. The van der Waals surface area contributed by atoms with E-state index in [9.17, 15) is 4.79 Å². The van der Waals surface area contributed by atoms with Gasteiger partial charge in [-0.05, 0) is 39.8 Å². The summed E-state index contributed by atoms with van der Waals surface area (Å²) in [5.41, 5.74) is 5.98. The Labute approximate surface area is 110 Å². The van der Waals surface area contributed by atoms with Crippen LogP contribution in [-0.4, -0.2) is 68.2 Å². The van der Waals surface area contributed by atoms with Gasteiger partial charge in [0.15, 0.2) is 0 Å². The second-order valence-corrected chi connectivity index (χ2v) is 5.24. The Morgan fingerprint density at radius 2 is 2.22 bits per heavy atom. The molecule has 0 aromatic heterocycles. The summed E-state index contributed by atoms with van der Waals surface area (Å²) < 4.78 is 4.99. The molecule has 5 heteroatoms. The quantitative estimate of drug-likeness (QED) is 0.719. The number of methoxy groups -OCH3 is 1. The highest BCUT2D eigenvalue weighted by Crippen LogP contribution is 2.11. The normalized spacial score (nSPS) is 23.8. The van der Waals surface area contributed by atoms with Gasteiger partial charge in [-0.1, -0.05) is 0 Å². The Kier molecular flexibility index (Phi) is 6.60. The monoisotopic (exact) mass is 257 g/mol. The second kappa shape index (κ2) is 7.71. The number of nitrogens with zero attached hydrogens (tertiary/aromatic N) is 2. The van der Waals surface area contributed by atoms with Crippen molar-refractivity contribution >= 4 is 5.91 Å². The summed E-state index contributed by atoms with van der Waals surface area (Å²) in [5.74, 6) is 0.0916. The van der Waals surface area contributed by atoms with E-state index in [-0.39, 0.29) is 18.0 Å². The lowest BCUT2D eigenvalue weighted by Crippen LogP contribution is -2.49. The van der Waals surface area contributed by atoms with Crippen LogP contribution < -0.4 is 5.73 Å². The molecule has 1 aliphatic rings. The van der Waals surface area contributed by atoms with Gasteiger partial charge >= 0.3 is 0 Å². The Morgan fingerprint density at radius 1 is 1.50 bits per heavy atom. The molecule has 1 saturated heterocycles. The Morgan fingerprint density at radius 3 is 2.89 bits per heavy atom. The molecule has 1 fully saturated rings. The average Bonchev–Trinajstić information content (AvgIpc) is 2.49. The van der Waals surface area contributed by atoms with Gasteiger partial charge in [0.05, 0.1) is 6.04 Å². The topological polar surface area (TPSA) is 58.8 Å². The van der Waals surface area contributed by atoms with Gasteiger partial charge in [0, 0.05) is 32.8 Å². The number of nitrogens with two attached hydrogens (primary N) is 1. The van der Waals surface area contributed by atoms with Gasteiger partial charge in [0.1, 0.15) is 0 Å². The first kappa shape index (κ1) is 15.4. The van der Waals surface area contributed by atoms with E-state index in [1.807, 2.05) is 4.90 Å². The lowest BCUT2D eigenvalue weighted by Gasteiger charge is -2.30. The third-order valence-corrected chi connectivity index (χ3v) is 3.51. The summed E-state index contributed by atoms with van der Waals surface area (Å²) in [4.78, 5) is 16.5. The summed E-state index contributed by atoms with van der Waals surface area (Å²) in [6.45, 7) is 5.56. The second-order valence-electron chi connectivity index (χ2n) is 5.24. The van der Waals surface area contributed by atoms with Crippen molar-refractivity contribution in [2.75, 3.05) is 40.4 Å². The molecule has 5 nitrogen and oxygen atoms in total. The van der Waals surface area contributed by atoms with Crippen LogP contribution in [0.2, 0.25) is 0 Å². The van der Waals surface area contributed by atoms with Gasteiger partial charge in [-0.2, -0.15) is 0 Å². The first-order chi connectivity index (χ1) is 8.56. The maximum Gasteiger partial charge on any atom is 0.239 e. The van der Waals surface area contributed by atoms with Gasteiger partial charge in [-0.3, -0.25) is 4.79 Å². The number of ether oxygens (including phenoxy) is 1. The van der Waals surface area contributed by atoms with E-state index in [0.29, 0.717) is 13.0 Å². The van der Waals surface area contributed by atoms with Crippen molar-refractivity contribution in [3.05, 3.63) is 0 Å². The van der Waals surface area contributed by atoms with Crippen molar-refractivity contribution in [2.24, 2.45) is 5.73 Å². The number of carbonyl (C=O) groups excluding carboxylic acids is 1. The molecule has 2 unspecified atom stereocenters. The highest BCUT2D eigenvalue weighted by molar-refractivity contribution is 5.82. The number of carbonyl (C=O) groups is 1. The SMILES string of the molecule is COCCCC(N)C(=O)N1CCCN(C)CC1C. The standard InChI is InChI=1S/C13H27N3O2/c1-11-10-15(2)7-5-8-16(11)13(17)12(14)6-4-9-18-3/h11-12H,4-10,14H2,1-3H3. The maximum atomic E-state index is 12.3. The number of hydrogen-bond donors (Lipinski definition) is 1. The first-order valence-electron chi connectivity index (χ1n) is 6.79. The Bertz CT molecular complexity index is 261. The highest BCUT2D eigenvalue weighted by Gasteiger charge is 2.27. The van der Waals surface area contributed by atoms with Gasteiger partial charge in [0.2, 0.25) is 5.91 Å². The van der Waals surface area contributed by atoms with Gasteiger partial charge < -0.3 is 20.3 Å². The molecule has 2 N–H and O–H groups in total. The predicted molar refractivity (Wildman–Crippen MR) is 72.4 cm³/mol. The molecule has 1 aliphatic heterocycles. The van der Waals surface area contributed by atoms with Crippen molar-refractivity contribution in [3.63, 3.8) is 0 Å². The van der Waals surface area contributed by atoms with Gasteiger partial charge in [-0.25, -0.2) is 0 Å². The van der Waals surface area contributed by atoms with E-state index in [2.05, 4.69) is 18.9 Å². The molecule has 0 spiro atoms. The number of hydrogen-bond acceptors (Lipinski definition) is 4. The minimum Gasteiger partial charge on any atom is -0.385 e. The maximum absolute atomic E-state index is 12.3. The van der Waals surface area contributed by atoms with Crippen LogP contribution in [0.5, 0.6) is 0 Å². The van der Waals surface area contributed by atoms with E-state index in [1.54, 1.807) is 7.11 Å². The molecule has 0 bridgehead atoms. The Balaban J connectivity index is 2.48. The zero-order chi connectivity index (χ0) is 13.5. The highest BCUT2D eigenvalue weighted by atomic mass is 16.5. The van der Waals surface area contributed by atoms with E-state index in [0.717, 1.165) is 32.5 Å². The van der Waals surface area contributed by atoms with Crippen LogP contribution in [0.3, 0.4) is 0 Å². The molecular formula is C13H27N3O2. The van der Waals surface area contributed by atoms with Crippen molar-refractivity contribution < 1.29 is 9.53 Å². The minimum absolute atomic E-state index is 0.0916. The van der Waals surface area contributed by atoms with Crippen LogP contribution in [0.4, 0.5) is 0 Å². The zero-order valence-corrected chi connectivity index (χ0v) is 11.9. The summed E-state index contributed by atoms with van der Waals surface area (Å²) in [6, 6.07) is -0.135. The fourth-order valence-corrected chi connectivity index (χ4v) is 2.48. The van der Waals surface area contributed by atoms with Gasteiger partial charge in [0.25, 0.3) is 0 Å². The molecule has 2 atom stereocenters. The summed E-state index contributed by atoms with van der Waals surface area (Å²) in [7, 11) is 3.77. The smallest absolute Gasteiger partial charge is 0.239 e. The van der Waals surface area contributed by atoms with E-state index in [4.69, 9.17) is 10.5 Å². The van der Waals surface area contributed by atoms with Crippen LogP contribution in [0.25, 0.3) is 0 Å². The van der Waals surface area contributed by atoms with Crippen LogP contribution in [0.15, 0.2) is 0 Å². The number of rotatable bonds is 5. The van der Waals surface area contributed by atoms with Crippen LogP contribution in [-0.2, 0) is 9.53 Å². The first-order valence-corrected chi connectivity index (χ1v) is 6.79. The van der Waals surface area contributed by atoms with Crippen LogP contribution in [0, 0.1) is 0 Å². The summed E-state index contributed by atoms with van der Waals surface area (Å²) in [5, 5.41) is 0. The third-order valence-electron chi connectivity index (χ3n) is 3.51. The average molecular weight is 257 g/mol. The van der Waals surface area contributed by atoms with Crippen molar-refractivity contribution in [1.82, 2.24) is 9.80 Å². The summed E-state index contributed by atoms with van der Waals surface area (Å²) in [6.07, 6.45) is 2.56. The van der Waals surface area contributed by atoms with Crippen molar-refractivity contribution in [1.29, 1.82) is 0 Å². The lowest BCUT2D eigenvalue weighted by molar-refractivity contribution is -0.134. The molecule has 0 radical (unpaired) electrons. The Hall–Kier alpha value is -0.650. The molecule has 18 heavy (non-hydrogen) atoms. The zero-order valence-electron chi connectivity index (χ0n) is 11.9. The molecule has 0 aliphatic carbocycles. The van der Waals surface area contributed by atoms with E-state index >= 15 is 0 Å². The predicted octanol–water partition coefficient (Wildman–Crippen LogP) is 0.293. The summed E-state index contributed by atoms with van der Waals surface area (Å²) >= 11 is 0. The van der Waals surface area contributed by atoms with Crippen LogP contribution in [0.1, 0.15) is 26.2 Å². The molecule has 0 aromatic carbocycles. The fraction of sp³-hybridized carbons (Fsp3) is 0.923. The van der Waals surface area contributed by atoms with Crippen molar-refractivity contribution in [2.45, 2.75) is 38.3 Å². The minimum atomic E-state index is -0.383. The lowest BCUT2D eigenvalue weighted by atomic mass is 10.1. The largest absolute Gasteiger partial charge is 0.385 e. The van der Waals surface area contributed by atoms with E-state index in [1.165, 1.54) is 0 Å². The number of amides is 1. The molecule has 1 amide bonds. The number of likely N-dealkylation sites (N-methyl/N-ethyl adjacent to an activating group) is 1. The molecular weight excluding hydrogens is 230 g/mol. The van der Waals surface area contributed by atoms with Crippen molar-refractivity contribution in [3.8, 4) is 0 Å². The molecule has 1 heterocycles. The molecule has 106 valence electrons. The molecule has 1 rings (SSSR count). The third kappa shape index (κ3) is 4.55. The molecule has 0 aromatic rings. The van der Waals surface area contributed by atoms with E-state index < -0.39 is 0 Å². The molecule has 0 saturated carbocycles. The van der Waals surface area contributed by atoms with Crippen LogP contribution >= 0.6 is 0 Å².